The van der Waals surface area contributed by atoms with Crippen LogP contribution >= 0.6 is 0 Å². The molecule has 3 aromatic rings. The van der Waals surface area contributed by atoms with E-state index >= 15 is 0 Å². The van der Waals surface area contributed by atoms with Gasteiger partial charge in [0.05, 0.1) is 36.7 Å². The van der Waals surface area contributed by atoms with Crippen molar-refractivity contribution in [2.45, 2.75) is 20.3 Å². The number of aliphatic imine (C=N–C) groups is 1. The highest BCUT2D eigenvalue weighted by molar-refractivity contribution is 6.14. The van der Waals surface area contributed by atoms with Gasteiger partial charge in [-0.25, -0.2) is 0 Å². The lowest BCUT2D eigenvalue weighted by Crippen LogP contribution is -1.98. The van der Waals surface area contributed by atoms with Crippen LogP contribution in [0.4, 0.5) is 5.69 Å². The summed E-state index contributed by atoms with van der Waals surface area (Å²) in [6, 6.07) is 11.7. The first-order chi connectivity index (χ1) is 12.1. The lowest BCUT2D eigenvalue weighted by molar-refractivity contribution is 0.356. The standard InChI is InChI=1S/C20H22N2O3/c1-5-15(21-13-8-6-12(2)7-9-13)19-14-10-17(24-3)18(25-4)11-16(14)22-20(19)23/h6-11,22-23H,5H2,1-4H3. The van der Waals surface area contributed by atoms with E-state index in [1.54, 1.807) is 14.2 Å². The molecule has 0 aliphatic carbocycles. The minimum atomic E-state index is 0.0954. The van der Waals surface area contributed by atoms with Gasteiger partial charge in [-0.2, -0.15) is 0 Å². The second kappa shape index (κ2) is 6.89. The van der Waals surface area contributed by atoms with Crippen molar-refractivity contribution in [2.75, 3.05) is 14.2 Å². The van der Waals surface area contributed by atoms with Crippen molar-refractivity contribution >= 4 is 22.3 Å². The van der Waals surface area contributed by atoms with Gasteiger partial charge in [0.25, 0.3) is 0 Å². The maximum absolute atomic E-state index is 10.5. The number of benzene rings is 2. The van der Waals surface area contributed by atoms with Crippen molar-refractivity contribution < 1.29 is 14.6 Å². The van der Waals surface area contributed by atoms with Gasteiger partial charge < -0.3 is 19.6 Å². The van der Waals surface area contributed by atoms with E-state index < -0.39 is 0 Å². The first-order valence-corrected chi connectivity index (χ1v) is 8.18. The molecule has 2 aromatic carbocycles. The van der Waals surface area contributed by atoms with Crippen LogP contribution in [0.1, 0.15) is 24.5 Å². The van der Waals surface area contributed by atoms with E-state index in [0.717, 1.165) is 22.3 Å². The average Bonchev–Trinajstić information content (AvgIpc) is 2.94. The lowest BCUT2D eigenvalue weighted by Gasteiger charge is -2.09. The number of ether oxygens (including phenoxy) is 2. The molecule has 0 saturated heterocycles. The Morgan fingerprint density at radius 3 is 2.32 bits per heavy atom. The zero-order valence-electron chi connectivity index (χ0n) is 14.9. The lowest BCUT2D eigenvalue weighted by atomic mass is 10.1. The average molecular weight is 338 g/mol. The molecule has 0 bridgehead atoms. The SMILES string of the molecule is CCC(=Nc1ccc(C)cc1)c1c(O)[nH]c2cc(OC)c(OC)cc12. The van der Waals surface area contributed by atoms with Crippen LogP contribution in [0.2, 0.25) is 0 Å². The summed E-state index contributed by atoms with van der Waals surface area (Å²) < 4.78 is 10.7. The summed E-state index contributed by atoms with van der Waals surface area (Å²) in [5.74, 6) is 1.32. The first kappa shape index (κ1) is 16.9. The molecule has 130 valence electrons. The predicted octanol–water partition coefficient (Wildman–Crippen LogP) is 4.73. The number of nitrogens with zero attached hydrogens (tertiary/aromatic N) is 1. The van der Waals surface area contributed by atoms with Crippen LogP contribution < -0.4 is 9.47 Å². The zero-order chi connectivity index (χ0) is 18.0. The number of methoxy groups -OCH3 is 2. The van der Waals surface area contributed by atoms with Gasteiger partial charge in [-0.3, -0.25) is 4.99 Å². The maximum Gasteiger partial charge on any atom is 0.198 e. The summed E-state index contributed by atoms with van der Waals surface area (Å²) in [4.78, 5) is 7.74. The summed E-state index contributed by atoms with van der Waals surface area (Å²) in [7, 11) is 3.18. The Morgan fingerprint density at radius 1 is 1.08 bits per heavy atom. The molecule has 3 rings (SSSR count). The number of aryl methyl sites for hydroxylation is 1. The largest absolute Gasteiger partial charge is 0.494 e. The third-order valence-electron chi connectivity index (χ3n) is 4.20. The molecule has 5 heteroatoms. The number of rotatable bonds is 5. The van der Waals surface area contributed by atoms with Gasteiger partial charge in [-0.05, 0) is 31.5 Å². The van der Waals surface area contributed by atoms with E-state index in [0.29, 0.717) is 23.5 Å². The Labute approximate surface area is 146 Å². The number of H-pyrrole nitrogens is 1. The fraction of sp³-hybridized carbons (Fsp3) is 0.250. The number of hydrogen-bond acceptors (Lipinski definition) is 4. The Hall–Kier alpha value is -2.95. The van der Waals surface area contributed by atoms with Crippen molar-refractivity contribution in [3.63, 3.8) is 0 Å². The summed E-state index contributed by atoms with van der Waals surface area (Å²) in [5, 5.41) is 11.3. The highest BCUT2D eigenvalue weighted by Gasteiger charge is 2.18. The summed E-state index contributed by atoms with van der Waals surface area (Å²) in [6.45, 7) is 4.06. The quantitative estimate of drug-likeness (QED) is 0.661. The van der Waals surface area contributed by atoms with Gasteiger partial charge in [-0.1, -0.05) is 24.6 Å². The van der Waals surface area contributed by atoms with Crippen LogP contribution in [-0.2, 0) is 0 Å². The molecule has 0 atom stereocenters. The zero-order valence-corrected chi connectivity index (χ0v) is 14.9. The monoisotopic (exact) mass is 338 g/mol. The van der Waals surface area contributed by atoms with Crippen LogP contribution in [-0.4, -0.2) is 30.0 Å². The van der Waals surface area contributed by atoms with Gasteiger partial charge >= 0.3 is 0 Å². The summed E-state index contributed by atoms with van der Waals surface area (Å²) >= 11 is 0. The highest BCUT2D eigenvalue weighted by atomic mass is 16.5. The normalized spacial score (nSPS) is 11.8. The third kappa shape index (κ3) is 3.18. The van der Waals surface area contributed by atoms with Crippen molar-refractivity contribution in [3.05, 3.63) is 47.5 Å². The maximum atomic E-state index is 10.5. The van der Waals surface area contributed by atoms with E-state index in [4.69, 9.17) is 14.5 Å². The Kier molecular flexibility index (Phi) is 4.65. The number of aromatic hydroxyl groups is 1. The fourth-order valence-corrected chi connectivity index (χ4v) is 2.89. The summed E-state index contributed by atoms with van der Waals surface area (Å²) in [5.41, 5.74) is 4.31. The first-order valence-electron chi connectivity index (χ1n) is 8.18. The highest BCUT2D eigenvalue weighted by Crippen LogP contribution is 2.37. The number of nitrogens with one attached hydrogen (secondary N) is 1. The Bertz CT molecular complexity index is 924. The van der Waals surface area contributed by atoms with Gasteiger partial charge in [-0.15, -0.1) is 0 Å². The van der Waals surface area contributed by atoms with Crippen molar-refractivity contribution in [1.29, 1.82) is 0 Å². The van der Waals surface area contributed by atoms with Crippen molar-refractivity contribution in [2.24, 2.45) is 4.99 Å². The molecule has 0 aliphatic rings. The van der Waals surface area contributed by atoms with Gasteiger partial charge in [0, 0.05) is 11.5 Å². The molecule has 0 fully saturated rings. The smallest absolute Gasteiger partial charge is 0.198 e. The molecule has 0 amide bonds. The molecule has 0 unspecified atom stereocenters. The molecule has 25 heavy (non-hydrogen) atoms. The molecular formula is C20H22N2O3. The number of hydrogen-bond donors (Lipinski definition) is 2. The number of fused-ring (bicyclic) bond motifs is 1. The minimum absolute atomic E-state index is 0.0954. The number of aromatic amines is 1. The fourth-order valence-electron chi connectivity index (χ4n) is 2.89. The van der Waals surface area contributed by atoms with E-state index in [9.17, 15) is 5.11 Å². The van der Waals surface area contributed by atoms with Gasteiger partial charge in [0.15, 0.2) is 17.4 Å². The van der Waals surface area contributed by atoms with Gasteiger partial charge in [0.2, 0.25) is 0 Å². The Morgan fingerprint density at radius 2 is 1.72 bits per heavy atom. The summed E-state index contributed by atoms with van der Waals surface area (Å²) in [6.07, 6.45) is 0.683. The van der Waals surface area contributed by atoms with Crippen molar-refractivity contribution in [3.8, 4) is 17.4 Å². The molecule has 0 radical (unpaired) electrons. The van der Waals surface area contributed by atoms with Crippen molar-refractivity contribution in [1.82, 2.24) is 4.98 Å². The van der Waals surface area contributed by atoms with E-state index in [1.807, 2.05) is 50.2 Å². The van der Waals surface area contributed by atoms with Crippen LogP contribution in [0.25, 0.3) is 10.9 Å². The van der Waals surface area contributed by atoms with Crippen LogP contribution in [0.15, 0.2) is 41.4 Å². The molecule has 2 N–H and O–H groups in total. The van der Waals surface area contributed by atoms with Crippen LogP contribution in [0.5, 0.6) is 17.4 Å². The Balaban J connectivity index is 2.18. The molecule has 5 nitrogen and oxygen atoms in total. The second-order valence-corrected chi connectivity index (χ2v) is 5.85. The predicted molar refractivity (Wildman–Crippen MR) is 101 cm³/mol. The van der Waals surface area contributed by atoms with E-state index in [2.05, 4.69) is 4.98 Å². The number of aromatic nitrogens is 1. The second-order valence-electron chi connectivity index (χ2n) is 5.85. The van der Waals surface area contributed by atoms with Crippen LogP contribution in [0.3, 0.4) is 0 Å². The molecule has 1 heterocycles. The van der Waals surface area contributed by atoms with Gasteiger partial charge in [0.1, 0.15) is 0 Å². The molecule has 0 aliphatic heterocycles. The minimum Gasteiger partial charge on any atom is -0.494 e. The van der Waals surface area contributed by atoms with E-state index in [-0.39, 0.29) is 5.88 Å². The third-order valence-corrected chi connectivity index (χ3v) is 4.20. The molecular weight excluding hydrogens is 316 g/mol. The van der Waals surface area contributed by atoms with Crippen LogP contribution in [0, 0.1) is 6.92 Å². The molecule has 0 spiro atoms. The topological polar surface area (TPSA) is 66.8 Å². The molecule has 0 saturated carbocycles. The van der Waals surface area contributed by atoms with E-state index in [1.165, 1.54) is 5.56 Å². The molecule has 1 aromatic heterocycles.